The zero-order chi connectivity index (χ0) is 10.6. The normalized spacial score (nSPS) is 30.5. The van der Waals surface area contributed by atoms with Gasteiger partial charge in [-0.1, -0.05) is 6.08 Å². The second-order valence-corrected chi connectivity index (χ2v) is 3.88. The fraction of sp³-hybridized carbons (Fsp3) is 0.800. The summed E-state index contributed by atoms with van der Waals surface area (Å²) in [7, 11) is 0. The van der Waals surface area contributed by atoms with Crippen molar-refractivity contribution in [3.63, 3.8) is 0 Å². The van der Waals surface area contributed by atoms with Crippen molar-refractivity contribution >= 4 is 0 Å². The van der Waals surface area contributed by atoms with E-state index in [-0.39, 0.29) is 19.3 Å². The van der Waals surface area contributed by atoms with E-state index in [2.05, 4.69) is 6.58 Å². The molecule has 0 saturated heterocycles. The number of hydrogen-bond acceptors (Lipinski definition) is 4. The Morgan fingerprint density at radius 3 is 2.50 bits per heavy atom. The monoisotopic (exact) mass is 202 g/mol. The minimum atomic E-state index is -0.786. The third-order valence-corrected chi connectivity index (χ3v) is 2.91. The molecule has 1 rings (SSSR count). The van der Waals surface area contributed by atoms with Crippen molar-refractivity contribution in [3.05, 3.63) is 12.7 Å². The first-order valence-corrected chi connectivity index (χ1v) is 4.81. The highest BCUT2D eigenvalue weighted by Gasteiger charge is 2.46. The number of aliphatic hydroxyl groups is 3. The van der Waals surface area contributed by atoms with Gasteiger partial charge in [0, 0.05) is 11.8 Å². The van der Waals surface area contributed by atoms with Crippen LogP contribution < -0.4 is 0 Å². The van der Waals surface area contributed by atoms with E-state index in [4.69, 9.17) is 14.9 Å². The van der Waals surface area contributed by atoms with Crippen molar-refractivity contribution in [2.24, 2.45) is 5.41 Å². The second-order valence-electron chi connectivity index (χ2n) is 3.88. The van der Waals surface area contributed by atoms with Gasteiger partial charge >= 0.3 is 0 Å². The molecular weight excluding hydrogens is 184 g/mol. The van der Waals surface area contributed by atoms with E-state index in [9.17, 15) is 5.11 Å². The largest absolute Gasteiger partial charge is 0.396 e. The van der Waals surface area contributed by atoms with Crippen LogP contribution in [0.3, 0.4) is 0 Å². The molecule has 4 nitrogen and oxygen atoms in total. The molecule has 1 aliphatic rings. The molecule has 0 aromatic rings. The van der Waals surface area contributed by atoms with Gasteiger partial charge in [0.25, 0.3) is 0 Å². The van der Waals surface area contributed by atoms with Crippen LogP contribution in [0.5, 0.6) is 0 Å². The molecule has 1 saturated carbocycles. The lowest BCUT2D eigenvalue weighted by Gasteiger charge is -2.27. The maximum atomic E-state index is 9.68. The van der Waals surface area contributed by atoms with Crippen LogP contribution in [0.1, 0.15) is 12.8 Å². The summed E-state index contributed by atoms with van der Waals surface area (Å²) < 4.78 is 5.38. The van der Waals surface area contributed by atoms with Crippen molar-refractivity contribution in [3.8, 4) is 0 Å². The first-order chi connectivity index (χ1) is 6.68. The van der Waals surface area contributed by atoms with Crippen LogP contribution in [-0.2, 0) is 4.74 Å². The molecule has 82 valence electrons. The first kappa shape index (κ1) is 11.7. The Hall–Kier alpha value is -0.420. The zero-order valence-corrected chi connectivity index (χ0v) is 8.22. The van der Waals surface area contributed by atoms with Gasteiger partial charge in [-0.25, -0.2) is 0 Å². The molecule has 0 radical (unpaired) electrons. The van der Waals surface area contributed by atoms with E-state index in [0.29, 0.717) is 19.4 Å². The lowest BCUT2D eigenvalue weighted by molar-refractivity contribution is -0.0329. The summed E-state index contributed by atoms with van der Waals surface area (Å²) in [6, 6.07) is 0. The summed E-state index contributed by atoms with van der Waals surface area (Å²) >= 11 is 0. The Kier molecular flexibility index (Phi) is 4.07. The Morgan fingerprint density at radius 2 is 2.07 bits per heavy atom. The lowest BCUT2D eigenvalue weighted by Crippen LogP contribution is -2.37. The average molecular weight is 202 g/mol. The fourth-order valence-corrected chi connectivity index (χ4v) is 1.89. The summed E-state index contributed by atoms with van der Waals surface area (Å²) in [4.78, 5) is 0. The van der Waals surface area contributed by atoms with Crippen LogP contribution in [0.15, 0.2) is 12.7 Å². The molecule has 2 atom stereocenters. The fourth-order valence-electron chi connectivity index (χ4n) is 1.89. The highest BCUT2D eigenvalue weighted by atomic mass is 16.5. The third-order valence-electron chi connectivity index (χ3n) is 2.91. The minimum Gasteiger partial charge on any atom is -0.396 e. The van der Waals surface area contributed by atoms with Crippen LogP contribution in [0.4, 0.5) is 0 Å². The van der Waals surface area contributed by atoms with Crippen LogP contribution in [0.2, 0.25) is 0 Å². The van der Waals surface area contributed by atoms with E-state index in [1.165, 1.54) is 0 Å². The standard InChI is InChI=1S/C10H18O4/c1-2-3-14-8-4-9(13)10(5-8,6-11)7-12/h2,8-9,11-13H,1,3-7H2/t8-,9+/m0/s1. The van der Waals surface area contributed by atoms with Gasteiger partial charge in [0.15, 0.2) is 0 Å². The summed E-state index contributed by atoms with van der Waals surface area (Å²) in [5.74, 6) is 0. The Morgan fingerprint density at radius 1 is 1.43 bits per heavy atom. The molecule has 4 heteroatoms. The smallest absolute Gasteiger partial charge is 0.0666 e. The molecule has 1 aliphatic carbocycles. The quantitative estimate of drug-likeness (QED) is 0.535. The van der Waals surface area contributed by atoms with E-state index in [1.807, 2.05) is 0 Å². The molecule has 0 heterocycles. The van der Waals surface area contributed by atoms with Gasteiger partial charge in [-0.15, -0.1) is 6.58 Å². The molecule has 0 aliphatic heterocycles. The van der Waals surface area contributed by atoms with Gasteiger partial charge in [-0.3, -0.25) is 0 Å². The molecule has 0 bridgehead atoms. The van der Waals surface area contributed by atoms with E-state index in [0.717, 1.165) is 0 Å². The molecule has 0 spiro atoms. The minimum absolute atomic E-state index is 0.0951. The Bertz CT molecular complexity index is 189. The highest BCUT2D eigenvalue weighted by Crippen LogP contribution is 2.39. The summed E-state index contributed by atoms with van der Waals surface area (Å²) in [6.07, 6.45) is 1.82. The molecule has 0 aromatic carbocycles. The predicted octanol–water partition coefficient (Wildman–Crippen LogP) is -0.317. The second kappa shape index (κ2) is 4.89. The zero-order valence-electron chi connectivity index (χ0n) is 8.22. The van der Waals surface area contributed by atoms with Gasteiger partial charge in [0.2, 0.25) is 0 Å². The molecule has 0 unspecified atom stereocenters. The van der Waals surface area contributed by atoms with Gasteiger partial charge in [0.1, 0.15) is 0 Å². The number of rotatable bonds is 5. The Labute approximate surface area is 83.8 Å². The predicted molar refractivity (Wildman–Crippen MR) is 51.8 cm³/mol. The van der Waals surface area contributed by atoms with Crippen molar-refractivity contribution in [1.29, 1.82) is 0 Å². The van der Waals surface area contributed by atoms with E-state index in [1.54, 1.807) is 6.08 Å². The molecule has 3 N–H and O–H groups in total. The topological polar surface area (TPSA) is 69.9 Å². The van der Waals surface area contributed by atoms with Crippen molar-refractivity contribution in [1.82, 2.24) is 0 Å². The maximum absolute atomic E-state index is 9.68. The summed E-state index contributed by atoms with van der Waals surface area (Å²) in [5.41, 5.74) is -0.786. The maximum Gasteiger partial charge on any atom is 0.0666 e. The SMILES string of the molecule is C=CCO[C@H]1C[C@@H](O)C(CO)(CO)C1. The average Bonchev–Trinajstić information content (AvgIpc) is 2.53. The molecule has 1 fully saturated rings. The van der Waals surface area contributed by atoms with Crippen molar-refractivity contribution < 1.29 is 20.1 Å². The van der Waals surface area contributed by atoms with Crippen LogP contribution in [-0.4, -0.2) is 47.3 Å². The number of hydrogen-bond donors (Lipinski definition) is 3. The molecule has 0 amide bonds. The summed E-state index contributed by atoms with van der Waals surface area (Å²) in [5, 5.41) is 28.0. The molecular formula is C10H18O4. The summed E-state index contributed by atoms with van der Waals surface area (Å²) in [6.45, 7) is 3.55. The van der Waals surface area contributed by atoms with E-state index < -0.39 is 11.5 Å². The van der Waals surface area contributed by atoms with Crippen molar-refractivity contribution in [2.75, 3.05) is 19.8 Å². The Balaban J connectivity index is 2.53. The molecule has 14 heavy (non-hydrogen) atoms. The first-order valence-electron chi connectivity index (χ1n) is 4.81. The highest BCUT2D eigenvalue weighted by molar-refractivity contribution is 4.96. The van der Waals surface area contributed by atoms with Gasteiger partial charge < -0.3 is 20.1 Å². The van der Waals surface area contributed by atoms with Crippen LogP contribution in [0, 0.1) is 5.41 Å². The van der Waals surface area contributed by atoms with Gasteiger partial charge in [0.05, 0.1) is 32.0 Å². The van der Waals surface area contributed by atoms with E-state index >= 15 is 0 Å². The van der Waals surface area contributed by atoms with Gasteiger partial charge in [-0.2, -0.15) is 0 Å². The van der Waals surface area contributed by atoms with Crippen LogP contribution >= 0.6 is 0 Å². The van der Waals surface area contributed by atoms with Gasteiger partial charge in [-0.05, 0) is 6.42 Å². The molecule has 0 aromatic heterocycles. The van der Waals surface area contributed by atoms with Crippen molar-refractivity contribution in [2.45, 2.75) is 25.0 Å². The third kappa shape index (κ3) is 2.15. The lowest BCUT2D eigenvalue weighted by atomic mass is 9.86. The number of aliphatic hydroxyl groups excluding tert-OH is 3. The number of ether oxygens (including phenoxy) is 1. The van der Waals surface area contributed by atoms with Crippen LogP contribution in [0.25, 0.3) is 0 Å².